The van der Waals surface area contributed by atoms with Crippen LogP contribution in [0.1, 0.15) is 40.4 Å². The highest BCUT2D eigenvalue weighted by Crippen LogP contribution is 2.50. The quantitative estimate of drug-likeness (QED) is 0.498. The second kappa shape index (κ2) is 9.70. The molecule has 30 heavy (non-hydrogen) atoms. The molecule has 8 nitrogen and oxygen atoms in total. The molecule has 3 rings (SSSR count). The van der Waals surface area contributed by atoms with Gasteiger partial charge in [-0.05, 0) is 45.6 Å². The second-order valence-electron chi connectivity index (χ2n) is 7.62. The predicted molar refractivity (Wildman–Crippen MR) is 117 cm³/mol. The molecule has 2 saturated heterocycles. The lowest BCUT2D eigenvalue weighted by Crippen LogP contribution is -2.70. The molecule has 0 radical (unpaired) electrons. The fraction of sp³-hybridized carbons (Fsp3) is 0.571. The van der Waals surface area contributed by atoms with Gasteiger partial charge in [-0.3, -0.25) is 9.59 Å². The Balaban J connectivity index is 0.000000396. The Kier molecular flexibility index (Phi) is 7.76. The van der Waals surface area contributed by atoms with Gasteiger partial charge in [0.25, 0.3) is 5.91 Å². The van der Waals surface area contributed by atoms with E-state index >= 15 is 0 Å². The van der Waals surface area contributed by atoms with Crippen molar-refractivity contribution in [1.82, 2.24) is 15.1 Å². The van der Waals surface area contributed by atoms with Gasteiger partial charge in [-0.15, -0.1) is 11.8 Å². The zero-order valence-electron chi connectivity index (χ0n) is 18.2. The van der Waals surface area contributed by atoms with Crippen LogP contribution >= 0.6 is 11.8 Å². The van der Waals surface area contributed by atoms with Crippen molar-refractivity contribution >= 4 is 35.1 Å². The number of thioether (sulfide) groups is 1. The number of carboxylic acids is 1. The summed E-state index contributed by atoms with van der Waals surface area (Å²) < 4.78 is 4.48. The number of carbonyl (C=O) groups excluding carboxylic acids is 2. The number of aliphatic carboxylic acids is 1. The molecule has 2 fully saturated rings. The first-order valence-corrected chi connectivity index (χ1v) is 11.0. The number of β-lactam (4-membered cyclic amide) rings is 1. The molecule has 9 heteroatoms. The van der Waals surface area contributed by atoms with Crippen LogP contribution in [0.25, 0.3) is 5.57 Å². The number of hydrogen-bond acceptors (Lipinski definition) is 6. The highest BCUT2D eigenvalue weighted by atomic mass is 32.2. The molecule has 2 N–H and O–H groups in total. The Bertz CT molecular complexity index is 783. The molecule has 2 amide bonds. The third-order valence-corrected chi connectivity index (χ3v) is 6.97. The van der Waals surface area contributed by atoms with E-state index in [1.807, 2.05) is 0 Å². The third-order valence-electron chi connectivity index (χ3n) is 5.40. The van der Waals surface area contributed by atoms with E-state index in [2.05, 4.69) is 37.6 Å². The summed E-state index contributed by atoms with van der Waals surface area (Å²) in [5.74, 6) is -1.60. The van der Waals surface area contributed by atoms with Crippen molar-refractivity contribution in [2.75, 3.05) is 19.6 Å². The van der Waals surface area contributed by atoms with Crippen LogP contribution in [-0.2, 0) is 14.4 Å². The first kappa shape index (κ1) is 24.0. The average molecular weight is 438 g/mol. The number of carbonyl (C=O) groups is 3. The summed E-state index contributed by atoms with van der Waals surface area (Å²) in [5, 5.41) is 11.6. The molecule has 1 aromatic heterocycles. The highest BCUT2D eigenvalue weighted by molar-refractivity contribution is 8.01. The molecular formula is C21H31N3O5S. The molecule has 0 unspecified atom stereocenters. The summed E-state index contributed by atoms with van der Waals surface area (Å²) in [6.45, 7) is 17.3. The number of rotatable bonds is 7. The van der Waals surface area contributed by atoms with Gasteiger partial charge in [-0.2, -0.15) is 0 Å². The fourth-order valence-electron chi connectivity index (χ4n) is 3.61. The zero-order valence-corrected chi connectivity index (χ0v) is 19.0. The maximum absolute atomic E-state index is 12.3. The monoisotopic (exact) mass is 437 g/mol. The van der Waals surface area contributed by atoms with Crippen molar-refractivity contribution < 1.29 is 23.9 Å². The molecule has 0 spiro atoms. The van der Waals surface area contributed by atoms with Crippen molar-refractivity contribution in [2.24, 2.45) is 0 Å². The molecule has 3 atom stereocenters. The molecular weight excluding hydrogens is 406 g/mol. The fourth-order valence-corrected chi connectivity index (χ4v) is 5.23. The lowest BCUT2D eigenvalue weighted by Gasteiger charge is -2.43. The predicted octanol–water partition coefficient (Wildman–Crippen LogP) is 2.27. The normalized spacial score (nSPS) is 23.9. The Labute approximate surface area is 181 Å². The largest absolute Gasteiger partial charge is 0.480 e. The van der Waals surface area contributed by atoms with Crippen molar-refractivity contribution in [3.05, 3.63) is 30.7 Å². The molecule has 2 aliphatic heterocycles. The Morgan fingerprint density at radius 1 is 1.30 bits per heavy atom. The van der Waals surface area contributed by atoms with Gasteiger partial charge < -0.3 is 24.6 Å². The van der Waals surface area contributed by atoms with E-state index in [1.165, 1.54) is 42.6 Å². The maximum atomic E-state index is 12.3. The second-order valence-corrected chi connectivity index (χ2v) is 9.40. The lowest BCUT2D eigenvalue weighted by molar-refractivity contribution is -0.160. The summed E-state index contributed by atoms with van der Waals surface area (Å²) in [6, 6.07) is 1.59. The minimum Gasteiger partial charge on any atom is -0.480 e. The van der Waals surface area contributed by atoms with Crippen LogP contribution in [0.15, 0.2) is 29.4 Å². The molecule has 166 valence electrons. The van der Waals surface area contributed by atoms with Crippen molar-refractivity contribution in [2.45, 2.75) is 56.8 Å². The van der Waals surface area contributed by atoms with Gasteiger partial charge in [0.15, 0.2) is 0 Å². The number of nitrogens with one attached hydrogen (secondary N) is 1. The summed E-state index contributed by atoms with van der Waals surface area (Å²) in [7, 11) is 0. The Morgan fingerprint density at radius 3 is 2.33 bits per heavy atom. The highest BCUT2D eigenvalue weighted by Gasteiger charge is 2.64. The lowest BCUT2D eigenvalue weighted by atomic mass is 9.96. The van der Waals surface area contributed by atoms with Gasteiger partial charge in [0, 0.05) is 4.75 Å². The summed E-state index contributed by atoms with van der Waals surface area (Å²) in [4.78, 5) is 39.6. The molecule has 0 bridgehead atoms. The standard InChI is InChI=1S/C15H16N2O5S.C6H15N/c1-7(8-5-4-6-22-8)11(18)16-9-12(19)17-10(14(20)21)15(2,3)23-13(9)17;1-4-7(5-2)6-3/h4-6,9-10,13H,1H2,2-3H3,(H,16,18)(H,20,21);4-6H2,1-3H3/t9-,10+,13-;/m1./s1. The number of carboxylic acid groups (broad SMARTS) is 1. The number of fused-ring (bicyclic) bond motifs is 1. The van der Waals surface area contributed by atoms with Crippen molar-refractivity contribution in [3.63, 3.8) is 0 Å². The minimum absolute atomic E-state index is 0.123. The first-order valence-electron chi connectivity index (χ1n) is 10.1. The number of furan rings is 1. The van der Waals surface area contributed by atoms with Crippen LogP contribution in [0, 0.1) is 0 Å². The van der Waals surface area contributed by atoms with Crippen molar-refractivity contribution in [1.29, 1.82) is 0 Å². The number of hydrogen-bond donors (Lipinski definition) is 2. The van der Waals surface area contributed by atoms with E-state index < -0.39 is 28.7 Å². The molecule has 2 aliphatic rings. The van der Waals surface area contributed by atoms with Gasteiger partial charge in [0.05, 0.1) is 11.8 Å². The SMILES string of the molecule is C=C(C(=O)N[C@@H]1C(=O)N2[C@@H]1SC(C)(C)[C@@H]2C(=O)O)c1ccco1.CCN(CC)CC. The zero-order chi connectivity index (χ0) is 22.6. The maximum Gasteiger partial charge on any atom is 0.327 e. The van der Waals surface area contributed by atoms with Crippen LogP contribution in [0.3, 0.4) is 0 Å². The molecule has 0 saturated carbocycles. The number of amides is 2. The van der Waals surface area contributed by atoms with Gasteiger partial charge >= 0.3 is 5.97 Å². The van der Waals surface area contributed by atoms with Crippen molar-refractivity contribution in [3.8, 4) is 0 Å². The number of nitrogens with zero attached hydrogens (tertiary/aromatic N) is 2. The minimum atomic E-state index is -1.04. The van der Waals surface area contributed by atoms with Crippen LogP contribution in [0.2, 0.25) is 0 Å². The van der Waals surface area contributed by atoms with E-state index in [0.717, 1.165) is 0 Å². The molecule has 0 aromatic carbocycles. The van der Waals surface area contributed by atoms with Crippen LogP contribution in [0.5, 0.6) is 0 Å². The van der Waals surface area contributed by atoms with Gasteiger partial charge in [-0.1, -0.05) is 27.4 Å². The molecule has 0 aliphatic carbocycles. The Hall–Kier alpha value is -2.26. The van der Waals surface area contributed by atoms with E-state index in [0.29, 0.717) is 5.76 Å². The van der Waals surface area contributed by atoms with E-state index in [9.17, 15) is 19.5 Å². The average Bonchev–Trinajstić information content (AvgIpc) is 3.32. The summed E-state index contributed by atoms with van der Waals surface area (Å²) in [5.41, 5.74) is 0.123. The third kappa shape index (κ3) is 4.73. The first-order chi connectivity index (χ1) is 14.1. The van der Waals surface area contributed by atoms with E-state index in [1.54, 1.807) is 26.0 Å². The van der Waals surface area contributed by atoms with Gasteiger partial charge in [0.1, 0.15) is 23.2 Å². The topological polar surface area (TPSA) is 103 Å². The molecule has 1 aromatic rings. The van der Waals surface area contributed by atoms with Crippen LogP contribution in [-0.4, -0.2) is 74.5 Å². The molecule has 3 heterocycles. The smallest absolute Gasteiger partial charge is 0.327 e. The van der Waals surface area contributed by atoms with Crippen LogP contribution in [0.4, 0.5) is 0 Å². The van der Waals surface area contributed by atoms with Crippen LogP contribution < -0.4 is 5.32 Å². The van der Waals surface area contributed by atoms with Gasteiger partial charge in [-0.25, -0.2) is 4.79 Å². The Morgan fingerprint density at radius 2 is 1.90 bits per heavy atom. The van der Waals surface area contributed by atoms with E-state index in [-0.39, 0.29) is 16.9 Å². The summed E-state index contributed by atoms with van der Waals surface area (Å²) in [6.07, 6.45) is 1.43. The summed E-state index contributed by atoms with van der Waals surface area (Å²) >= 11 is 1.37. The van der Waals surface area contributed by atoms with E-state index in [4.69, 9.17) is 4.42 Å². The van der Waals surface area contributed by atoms with Gasteiger partial charge in [0.2, 0.25) is 5.91 Å².